The molecule has 3 nitrogen and oxygen atoms in total. The van der Waals surface area contributed by atoms with Crippen LogP contribution < -0.4 is 4.90 Å². The standard InChI is InChI=1S/C22H31NO2/c1-16(2)19-11-10-17(3)14-21(19)25-22(24)15-18-8-4-5-9-20(18)23-12-6-7-13-23/h4-9,16-17,19,21H,10-15H2,1-3H3/t17-,19+,21-/m1/s1. The molecule has 0 saturated heterocycles. The number of carbonyl (C=O) groups excluding carboxylic acids is 1. The summed E-state index contributed by atoms with van der Waals surface area (Å²) in [6.07, 6.45) is 8.22. The number of ether oxygens (including phenoxy) is 1. The van der Waals surface area contributed by atoms with E-state index in [2.05, 4.69) is 50.0 Å². The van der Waals surface area contributed by atoms with Gasteiger partial charge in [0.15, 0.2) is 0 Å². The quantitative estimate of drug-likeness (QED) is 0.578. The molecule has 1 fully saturated rings. The molecule has 0 N–H and O–H groups in total. The molecule has 3 heteroatoms. The summed E-state index contributed by atoms with van der Waals surface area (Å²) in [6, 6.07) is 8.21. The van der Waals surface area contributed by atoms with E-state index >= 15 is 0 Å². The number of anilines is 1. The van der Waals surface area contributed by atoms with Gasteiger partial charge in [0.1, 0.15) is 6.10 Å². The van der Waals surface area contributed by atoms with E-state index in [9.17, 15) is 4.79 Å². The Hall–Kier alpha value is -1.77. The maximum Gasteiger partial charge on any atom is 0.310 e. The fraction of sp³-hybridized carbons (Fsp3) is 0.591. The van der Waals surface area contributed by atoms with Crippen molar-refractivity contribution in [2.45, 2.75) is 52.6 Å². The highest BCUT2D eigenvalue weighted by molar-refractivity contribution is 5.76. The van der Waals surface area contributed by atoms with Gasteiger partial charge in [-0.3, -0.25) is 4.79 Å². The van der Waals surface area contributed by atoms with Crippen molar-refractivity contribution in [3.63, 3.8) is 0 Å². The number of carbonyl (C=O) groups is 1. The average Bonchev–Trinajstić information content (AvgIpc) is 3.09. The summed E-state index contributed by atoms with van der Waals surface area (Å²) in [6.45, 7) is 8.60. The van der Waals surface area contributed by atoms with E-state index < -0.39 is 0 Å². The van der Waals surface area contributed by atoms with Crippen LogP contribution in [-0.2, 0) is 16.0 Å². The molecular weight excluding hydrogens is 310 g/mol. The molecule has 25 heavy (non-hydrogen) atoms. The Morgan fingerprint density at radius 2 is 1.92 bits per heavy atom. The van der Waals surface area contributed by atoms with Crippen molar-refractivity contribution in [1.82, 2.24) is 0 Å². The van der Waals surface area contributed by atoms with E-state index in [0.717, 1.165) is 30.8 Å². The normalized spacial score (nSPS) is 26.2. The minimum absolute atomic E-state index is 0.0793. The van der Waals surface area contributed by atoms with Crippen molar-refractivity contribution in [3.8, 4) is 0 Å². The molecule has 1 aromatic rings. The van der Waals surface area contributed by atoms with Crippen molar-refractivity contribution in [1.29, 1.82) is 0 Å². The molecule has 1 heterocycles. The minimum Gasteiger partial charge on any atom is -0.462 e. The first kappa shape index (κ1) is 18.0. The molecule has 1 aliphatic heterocycles. The van der Waals surface area contributed by atoms with E-state index in [4.69, 9.17) is 4.74 Å². The van der Waals surface area contributed by atoms with Crippen LogP contribution in [0, 0.1) is 17.8 Å². The van der Waals surface area contributed by atoms with Gasteiger partial charge in [-0.15, -0.1) is 0 Å². The molecule has 1 saturated carbocycles. The summed E-state index contributed by atoms with van der Waals surface area (Å²) >= 11 is 0. The lowest BCUT2D eigenvalue weighted by Crippen LogP contribution is -2.36. The molecule has 0 spiro atoms. The van der Waals surface area contributed by atoms with Crippen LogP contribution in [0.4, 0.5) is 5.69 Å². The van der Waals surface area contributed by atoms with Crippen LogP contribution in [0.5, 0.6) is 0 Å². The molecule has 3 rings (SSSR count). The van der Waals surface area contributed by atoms with Gasteiger partial charge < -0.3 is 9.64 Å². The van der Waals surface area contributed by atoms with Gasteiger partial charge in [0.05, 0.1) is 6.42 Å². The highest BCUT2D eigenvalue weighted by Gasteiger charge is 2.33. The monoisotopic (exact) mass is 341 g/mol. The maximum atomic E-state index is 12.7. The van der Waals surface area contributed by atoms with E-state index in [1.165, 1.54) is 12.8 Å². The number of nitrogens with zero attached hydrogens (tertiary/aromatic N) is 1. The van der Waals surface area contributed by atoms with Gasteiger partial charge in [0.25, 0.3) is 0 Å². The fourth-order valence-corrected chi connectivity index (χ4v) is 4.26. The zero-order chi connectivity index (χ0) is 17.8. The van der Waals surface area contributed by atoms with Gasteiger partial charge in [-0.05, 0) is 42.2 Å². The number of esters is 1. The Morgan fingerprint density at radius 1 is 1.20 bits per heavy atom. The Bertz CT molecular complexity index is 614. The Labute approximate surface area is 152 Å². The molecule has 0 radical (unpaired) electrons. The fourth-order valence-electron chi connectivity index (χ4n) is 4.26. The summed E-state index contributed by atoms with van der Waals surface area (Å²) in [5.41, 5.74) is 2.23. The number of benzene rings is 1. The predicted octanol–water partition coefficient (Wildman–Crippen LogP) is 4.61. The smallest absolute Gasteiger partial charge is 0.310 e. The Balaban J connectivity index is 1.66. The molecule has 136 valence electrons. The molecule has 0 bridgehead atoms. The zero-order valence-corrected chi connectivity index (χ0v) is 15.8. The minimum atomic E-state index is -0.0793. The summed E-state index contributed by atoms with van der Waals surface area (Å²) in [5, 5.41) is 0. The first-order valence-electron chi connectivity index (χ1n) is 9.72. The third-order valence-corrected chi connectivity index (χ3v) is 5.73. The average molecular weight is 341 g/mol. The van der Waals surface area contributed by atoms with Crippen molar-refractivity contribution >= 4 is 11.7 Å². The van der Waals surface area contributed by atoms with Gasteiger partial charge in [-0.2, -0.15) is 0 Å². The molecule has 0 unspecified atom stereocenters. The highest BCUT2D eigenvalue weighted by Crippen LogP contribution is 2.35. The predicted molar refractivity (Wildman–Crippen MR) is 103 cm³/mol. The van der Waals surface area contributed by atoms with E-state index in [0.29, 0.717) is 24.2 Å². The number of hydrogen-bond acceptors (Lipinski definition) is 3. The summed E-state index contributed by atoms with van der Waals surface area (Å²) < 4.78 is 5.98. The lowest BCUT2D eigenvalue weighted by atomic mass is 9.75. The van der Waals surface area contributed by atoms with Crippen LogP contribution >= 0.6 is 0 Å². The van der Waals surface area contributed by atoms with E-state index in [1.807, 2.05) is 12.1 Å². The second-order valence-electron chi connectivity index (χ2n) is 8.04. The van der Waals surface area contributed by atoms with Crippen LogP contribution in [-0.4, -0.2) is 25.2 Å². The lowest BCUT2D eigenvalue weighted by Gasteiger charge is -2.36. The van der Waals surface area contributed by atoms with Crippen LogP contribution in [0.1, 0.15) is 45.6 Å². The van der Waals surface area contributed by atoms with Crippen molar-refractivity contribution in [2.24, 2.45) is 17.8 Å². The number of rotatable bonds is 5. The number of para-hydroxylation sites is 1. The topological polar surface area (TPSA) is 29.5 Å². The summed E-state index contributed by atoms with van der Waals surface area (Å²) in [7, 11) is 0. The summed E-state index contributed by atoms with van der Waals surface area (Å²) in [5.74, 6) is 1.63. The number of hydrogen-bond donors (Lipinski definition) is 0. The molecule has 0 amide bonds. The van der Waals surface area contributed by atoms with Crippen LogP contribution in [0.15, 0.2) is 36.4 Å². The van der Waals surface area contributed by atoms with E-state index in [-0.39, 0.29) is 12.1 Å². The third-order valence-electron chi connectivity index (χ3n) is 5.73. The van der Waals surface area contributed by atoms with Crippen LogP contribution in [0.3, 0.4) is 0 Å². The lowest BCUT2D eigenvalue weighted by molar-refractivity contribution is -0.155. The van der Waals surface area contributed by atoms with Crippen molar-refractivity contribution < 1.29 is 9.53 Å². The van der Waals surface area contributed by atoms with Crippen molar-refractivity contribution in [2.75, 3.05) is 18.0 Å². The van der Waals surface area contributed by atoms with Gasteiger partial charge in [0, 0.05) is 18.8 Å². The second kappa shape index (κ2) is 8.07. The second-order valence-corrected chi connectivity index (χ2v) is 8.04. The maximum absolute atomic E-state index is 12.7. The Kier molecular flexibility index (Phi) is 5.82. The van der Waals surface area contributed by atoms with Crippen molar-refractivity contribution in [3.05, 3.63) is 42.0 Å². The highest BCUT2D eigenvalue weighted by atomic mass is 16.5. The molecule has 0 aromatic heterocycles. The molecule has 1 aliphatic carbocycles. The summed E-state index contributed by atoms with van der Waals surface area (Å²) in [4.78, 5) is 15.0. The first-order valence-corrected chi connectivity index (χ1v) is 9.72. The third kappa shape index (κ3) is 4.45. The van der Waals surface area contributed by atoms with Gasteiger partial charge in [-0.25, -0.2) is 0 Å². The zero-order valence-electron chi connectivity index (χ0n) is 15.8. The molecule has 1 aromatic carbocycles. The molecular formula is C22H31NO2. The van der Waals surface area contributed by atoms with Gasteiger partial charge in [-0.1, -0.05) is 57.5 Å². The van der Waals surface area contributed by atoms with E-state index in [1.54, 1.807) is 0 Å². The van der Waals surface area contributed by atoms with Gasteiger partial charge in [0.2, 0.25) is 0 Å². The van der Waals surface area contributed by atoms with Crippen LogP contribution in [0.2, 0.25) is 0 Å². The first-order chi connectivity index (χ1) is 12.0. The SMILES string of the molecule is CC(C)[C@@H]1CC[C@@H](C)C[C@H]1OC(=O)Cc1ccccc1N1CC=CC1. The van der Waals surface area contributed by atoms with Gasteiger partial charge >= 0.3 is 5.97 Å². The molecule has 3 atom stereocenters. The largest absolute Gasteiger partial charge is 0.462 e. The van der Waals surface area contributed by atoms with Crippen LogP contribution in [0.25, 0.3) is 0 Å². The Morgan fingerprint density at radius 3 is 2.64 bits per heavy atom. The molecule has 2 aliphatic rings.